The lowest BCUT2D eigenvalue weighted by Gasteiger charge is -2.10. The average Bonchev–Trinajstić information content (AvgIpc) is 2.41. The van der Waals surface area contributed by atoms with Crippen LogP contribution in [0.1, 0.15) is 5.56 Å². The summed E-state index contributed by atoms with van der Waals surface area (Å²) in [7, 11) is 0. The summed E-state index contributed by atoms with van der Waals surface area (Å²) in [5, 5.41) is 3.26. The molecule has 0 unspecified atom stereocenters. The van der Waals surface area contributed by atoms with Gasteiger partial charge in [0.2, 0.25) is 0 Å². The van der Waals surface area contributed by atoms with Crippen LogP contribution < -0.4 is 10.1 Å². The molecule has 0 aliphatic carbocycles. The van der Waals surface area contributed by atoms with E-state index in [0.29, 0.717) is 16.5 Å². The Labute approximate surface area is 131 Å². The van der Waals surface area contributed by atoms with Crippen LogP contribution in [0, 0.1) is 6.92 Å². The highest BCUT2D eigenvalue weighted by molar-refractivity contribution is 9.10. The maximum absolute atomic E-state index is 11.8. The Balaban J connectivity index is 1.94. The molecule has 0 heterocycles. The van der Waals surface area contributed by atoms with Gasteiger partial charge in [0.05, 0.1) is 10.7 Å². The number of benzene rings is 2. The van der Waals surface area contributed by atoms with Gasteiger partial charge in [-0.3, -0.25) is 4.79 Å². The van der Waals surface area contributed by atoms with Crippen LogP contribution in [0.4, 0.5) is 5.69 Å². The predicted octanol–water partition coefficient (Wildman–Crippen LogP) is 4.43. The summed E-state index contributed by atoms with van der Waals surface area (Å²) in [6.07, 6.45) is 0. The summed E-state index contributed by atoms with van der Waals surface area (Å²) in [6, 6.07) is 12.7. The number of carbonyl (C=O) groups is 1. The Morgan fingerprint density at radius 3 is 2.75 bits per heavy atom. The summed E-state index contributed by atoms with van der Waals surface area (Å²) in [5.41, 5.74) is 1.82. The molecule has 2 rings (SSSR count). The number of anilines is 1. The monoisotopic (exact) mass is 353 g/mol. The van der Waals surface area contributed by atoms with Gasteiger partial charge < -0.3 is 10.1 Å². The van der Waals surface area contributed by atoms with Crippen molar-refractivity contribution >= 4 is 39.1 Å². The molecule has 0 atom stereocenters. The van der Waals surface area contributed by atoms with Crippen LogP contribution in [0.15, 0.2) is 46.9 Å². The van der Waals surface area contributed by atoms with Crippen LogP contribution in [0.25, 0.3) is 0 Å². The first-order valence-electron chi connectivity index (χ1n) is 5.99. The van der Waals surface area contributed by atoms with Gasteiger partial charge in [0.15, 0.2) is 6.61 Å². The molecule has 0 spiro atoms. The molecule has 0 aromatic heterocycles. The number of rotatable bonds is 4. The molecular formula is C15H13BrClNO2. The fraction of sp³-hybridized carbons (Fsp3) is 0.133. The largest absolute Gasteiger partial charge is 0.482 e. The fourth-order valence-electron chi connectivity index (χ4n) is 1.61. The van der Waals surface area contributed by atoms with Gasteiger partial charge in [0.1, 0.15) is 5.75 Å². The number of para-hydroxylation sites is 1. The van der Waals surface area contributed by atoms with Crippen LogP contribution in [-0.2, 0) is 4.79 Å². The van der Waals surface area contributed by atoms with Crippen molar-refractivity contribution in [2.24, 2.45) is 0 Å². The van der Waals surface area contributed by atoms with Gasteiger partial charge >= 0.3 is 0 Å². The molecule has 0 aliphatic heterocycles. The number of amides is 1. The first-order chi connectivity index (χ1) is 9.56. The first kappa shape index (κ1) is 14.9. The summed E-state index contributed by atoms with van der Waals surface area (Å²) in [5.74, 6) is 0.252. The molecule has 0 aliphatic rings. The molecule has 2 aromatic carbocycles. The van der Waals surface area contributed by atoms with E-state index in [0.717, 1.165) is 10.0 Å². The highest BCUT2D eigenvalue weighted by atomic mass is 79.9. The number of aryl methyl sites for hydroxylation is 1. The van der Waals surface area contributed by atoms with Gasteiger partial charge in [-0.2, -0.15) is 0 Å². The third kappa shape index (κ3) is 3.99. The van der Waals surface area contributed by atoms with Gasteiger partial charge in [0.25, 0.3) is 5.91 Å². The van der Waals surface area contributed by atoms with Gasteiger partial charge in [-0.05, 0) is 52.7 Å². The Hall–Kier alpha value is -1.52. The van der Waals surface area contributed by atoms with E-state index in [-0.39, 0.29) is 12.5 Å². The Kier molecular flexibility index (Phi) is 5.04. The van der Waals surface area contributed by atoms with Crippen LogP contribution in [-0.4, -0.2) is 12.5 Å². The van der Waals surface area contributed by atoms with Crippen LogP contribution in [0.3, 0.4) is 0 Å². The van der Waals surface area contributed by atoms with E-state index >= 15 is 0 Å². The second kappa shape index (κ2) is 6.77. The third-order valence-corrected chi connectivity index (χ3v) is 3.56. The third-order valence-electron chi connectivity index (χ3n) is 2.59. The summed E-state index contributed by atoms with van der Waals surface area (Å²) in [4.78, 5) is 11.8. The Bertz CT molecular complexity index is 631. The van der Waals surface area contributed by atoms with Crippen molar-refractivity contribution in [3.05, 3.63) is 57.5 Å². The lowest BCUT2D eigenvalue weighted by atomic mass is 10.2. The molecule has 0 saturated carbocycles. The standard InChI is InChI=1S/C15H13BrClNO2/c1-10-6-7-13(11(16)8-10)18-15(19)9-20-14-5-3-2-4-12(14)17/h2-8H,9H2,1H3,(H,18,19). The molecule has 2 aromatic rings. The maximum atomic E-state index is 11.8. The summed E-state index contributed by atoms with van der Waals surface area (Å²) in [6.45, 7) is 1.89. The first-order valence-corrected chi connectivity index (χ1v) is 7.16. The minimum Gasteiger partial charge on any atom is -0.482 e. The summed E-state index contributed by atoms with van der Waals surface area (Å²) >= 11 is 9.35. The molecule has 0 fully saturated rings. The van der Waals surface area contributed by atoms with Crippen molar-refractivity contribution in [1.82, 2.24) is 0 Å². The maximum Gasteiger partial charge on any atom is 0.262 e. The van der Waals surface area contributed by atoms with E-state index in [9.17, 15) is 4.79 Å². The second-order valence-electron chi connectivity index (χ2n) is 4.25. The Morgan fingerprint density at radius 2 is 2.05 bits per heavy atom. The van der Waals surface area contributed by atoms with Crippen LogP contribution in [0.5, 0.6) is 5.75 Å². The molecule has 1 amide bonds. The van der Waals surface area contributed by atoms with E-state index in [1.807, 2.05) is 25.1 Å². The lowest BCUT2D eigenvalue weighted by Crippen LogP contribution is -2.20. The summed E-state index contributed by atoms with van der Waals surface area (Å²) < 4.78 is 6.21. The molecule has 3 nitrogen and oxygen atoms in total. The lowest BCUT2D eigenvalue weighted by molar-refractivity contribution is -0.118. The van der Waals surface area contributed by atoms with Gasteiger partial charge in [-0.25, -0.2) is 0 Å². The van der Waals surface area contributed by atoms with Gasteiger partial charge in [-0.1, -0.05) is 29.8 Å². The molecule has 20 heavy (non-hydrogen) atoms. The van der Waals surface area contributed by atoms with Gasteiger partial charge in [0, 0.05) is 4.47 Å². The van der Waals surface area contributed by atoms with Gasteiger partial charge in [-0.15, -0.1) is 0 Å². The zero-order valence-electron chi connectivity index (χ0n) is 10.8. The van der Waals surface area contributed by atoms with Crippen LogP contribution in [0.2, 0.25) is 5.02 Å². The minimum absolute atomic E-state index is 0.0932. The van der Waals surface area contributed by atoms with E-state index in [1.54, 1.807) is 24.3 Å². The molecule has 0 saturated heterocycles. The zero-order chi connectivity index (χ0) is 14.5. The molecule has 0 bridgehead atoms. The quantitative estimate of drug-likeness (QED) is 0.882. The van der Waals surface area contributed by atoms with Crippen molar-refractivity contribution in [3.8, 4) is 5.75 Å². The Morgan fingerprint density at radius 1 is 1.30 bits per heavy atom. The van der Waals surface area contributed by atoms with Crippen LogP contribution >= 0.6 is 27.5 Å². The highest BCUT2D eigenvalue weighted by Crippen LogP contribution is 2.24. The number of halogens is 2. The minimum atomic E-state index is -0.241. The number of carbonyl (C=O) groups excluding carboxylic acids is 1. The molecular weight excluding hydrogens is 342 g/mol. The molecule has 5 heteroatoms. The molecule has 0 radical (unpaired) electrons. The predicted molar refractivity (Wildman–Crippen MR) is 84.5 cm³/mol. The average molecular weight is 355 g/mol. The molecule has 104 valence electrons. The second-order valence-corrected chi connectivity index (χ2v) is 5.51. The number of nitrogens with one attached hydrogen (secondary N) is 1. The van der Waals surface area contributed by atoms with Crippen molar-refractivity contribution in [2.75, 3.05) is 11.9 Å². The van der Waals surface area contributed by atoms with Crippen molar-refractivity contribution < 1.29 is 9.53 Å². The number of hydrogen-bond acceptors (Lipinski definition) is 2. The van der Waals surface area contributed by atoms with E-state index in [2.05, 4.69) is 21.2 Å². The van der Waals surface area contributed by atoms with E-state index in [4.69, 9.17) is 16.3 Å². The van der Waals surface area contributed by atoms with Crippen molar-refractivity contribution in [1.29, 1.82) is 0 Å². The van der Waals surface area contributed by atoms with Crippen molar-refractivity contribution in [3.63, 3.8) is 0 Å². The smallest absolute Gasteiger partial charge is 0.262 e. The number of ether oxygens (including phenoxy) is 1. The molecule has 1 N–H and O–H groups in total. The highest BCUT2D eigenvalue weighted by Gasteiger charge is 2.08. The zero-order valence-corrected chi connectivity index (χ0v) is 13.2. The van der Waals surface area contributed by atoms with Crippen molar-refractivity contribution in [2.45, 2.75) is 6.92 Å². The number of hydrogen-bond donors (Lipinski definition) is 1. The fourth-order valence-corrected chi connectivity index (χ4v) is 2.40. The van der Waals surface area contributed by atoms with E-state index < -0.39 is 0 Å². The van der Waals surface area contributed by atoms with E-state index in [1.165, 1.54) is 0 Å². The SMILES string of the molecule is Cc1ccc(NC(=O)COc2ccccc2Cl)c(Br)c1. The normalized spacial score (nSPS) is 10.2. The topological polar surface area (TPSA) is 38.3 Å².